The molecule has 1 aromatic heterocycles. The second-order valence-corrected chi connectivity index (χ2v) is 8.58. The molecule has 1 aromatic carbocycles. The Balaban J connectivity index is 1.72. The zero-order valence-electron chi connectivity index (χ0n) is 12.7. The number of aromatic nitrogens is 1. The molecule has 1 aliphatic heterocycles. The van der Waals surface area contributed by atoms with Crippen LogP contribution in [0.1, 0.15) is 12.1 Å². The van der Waals surface area contributed by atoms with Gasteiger partial charge in [0.15, 0.2) is 9.84 Å². The van der Waals surface area contributed by atoms with Gasteiger partial charge in [-0.2, -0.15) is 0 Å². The Morgan fingerprint density at radius 1 is 1.21 bits per heavy atom. The number of rotatable bonds is 2. The van der Waals surface area contributed by atoms with Crippen LogP contribution in [0.5, 0.6) is 0 Å². The third-order valence-corrected chi connectivity index (χ3v) is 7.33. The predicted octanol–water partition coefficient (Wildman–Crippen LogP) is 2.50. The normalized spacial score (nSPS) is 27.9. The molecule has 1 aliphatic carbocycles. The lowest BCUT2D eigenvalue weighted by Gasteiger charge is -2.20. The Kier molecular flexibility index (Phi) is 3.65. The fraction of sp³-hybridized carbons (Fsp3) is 0.278. The molecule has 2 aliphatic rings. The minimum absolute atomic E-state index is 0.163. The second-order valence-electron chi connectivity index (χ2n) is 6.17. The van der Waals surface area contributed by atoms with Crippen molar-refractivity contribution in [1.82, 2.24) is 10.3 Å². The van der Waals surface area contributed by atoms with Crippen LogP contribution in [0.3, 0.4) is 0 Å². The van der Waals surface area contributed by atoms with Gasteiger partial charge in [-0.05, 0) is 42.5 Å². The predicted molar refractivity (Wildman–Crippen MR) is 92.1 cm³/mol. The standard InChI is InChI=1S/C18H15ClN2O2S/c19-15-6-1-2-7-16(15)24(22,23)17-18(11-13(18)12-21-17)9-8-14-5-3-4-10-20-14/h1-7,10,13,17,21H,11-12H2. The number of nitrogens with zero attached hydrogens (tertiary/aromatic N) is 1. The van der Waals surface area contributed by atoms with E-state index in [1.165, 1.54) is 0 Å². The summed E-state index contributed by atoms with van der Waals surface area (Å²) in [4.78, 5) is 4.35. The highest BCUT2D eigenvalue weighted by molar-refractivity contribution is 7.92. The topological polar surface area (TPSA) is 59.1 Å². The number of hydrogen-bond donors (Lipinski definition) is 1. The van der Waals surface area contributed by atoms with Gasteiger partial charge in [0.2, 0.25) is 0 Å². The highest BCUT2D eigenvalue weighted by atomic mass is 35.5. The summed E-state index contributed by atoms with van der Waals surface area (Å²) in [5.41, 5.74) is 0.105. The first kappa shape index (κ1) is 15.6. The molecule has 0 bridgehead atoms. The summed E-state index contributed by atoms with van der Waals surface area (Å²) in [5, 5.41) is 2.65. The van der Waals surface area contributed by atoms with E-state index in [9.17, 15) is 8.42 Å². The number of fused-ring (bicyclic) bond motifs is 1. The molecular formula is C18H15ClN2O2S. The Labute approximate surface area is 146 Å². The minimum Gasteiger partial charge on any atom is -0.299 e. The van der Waals surface area contributed by atoms with Gasteiger partial charge in [-0.1, -0.05) is 35.7 Å². The van der Waals surface area contributed by atoms with Crippen molar-refractivity contribution in [2.24, 2.45) is 11.3 Å². The molecule has 122 valence electrons. The highest BCUT2D eigenvalue weighted by Crippen LogP contribution is 2.60. The maximum atomic E-state index is 13.1. The second kappa shape index (κ2) is 5.59. The van der Waals surface area contributed by atoms with Crippen LogP contribution in [0.25, 0.3) is 0 Å². The molecule has 1 saturated heterocycles. The quantitative estimate of drug-likeness (QED) is 0.838. The monoisotopic (exact) mass is 358 g/mol. The van der Waals surface area contributed by atoms with E-state index < -0.39 is 20.6 Å². The Hall–Kier alpha value is -1.87. The van der Waals surface area contributed by atoms with Crippen molar-refractivity contribution in [3.05, 3.63) is 59.4 Å². The van der Waals surface area contributed by atoms with Gasteiger partial charge in [0.05, 0.1) is 15.3 Å². The van der Waals surface area contributed by atoms with E-state index in [0.29, 0.717) is 12.2 Å². The highest BCUT2D eigenvalue weighted by Gasteiger charge is 2.66. The fourth-order valence-electron chi connectivity index (χ4n) is 3.38. The van der Waals surface area contributed by atoms with Gasteiger partial charge in [-0.25, -0.2) is 13.4 Å². The molecule has 0 radical (unpaired) electrons. The zero-order chi connectivity index (χ0) is 16.8. The van der Waals surface area contributed by atoms with E-state index in [2.05, 4.69) is 22.1 Å². The SMILES string of the molecule is O=S(=O)(c1ccccc1Cl)C1NCC2CC21C#Cc1ccccn1. The van der Waals surface area contributed by atoms with Crippen LogP contribution >= 0.6 is 11.6 Å². The van der Waals surface area contributed by atoms with Crippen molar-refractivity contribution in [1.29, 1.82) is 0 Å². The maximum absolute atomic E-state index is 13.1. The molecule has 0 amide bonds. The number of sulfone groups is 1. The molecule has 4 nitrogen and oxygen atoms in total. The summed E-state index contributed by atoms with van der Waals surface area (Å²) in [6.07, 6.45) is 2.46. The average Bonchev–Trinajstić information content (AvgIpc) is 3.17. The van der Waals surface area contributed by atoms with Gasteiger partial charge in [0.25, 0.3) is 0 Å². The fourth-order valence-corrected chi connectivity index (χ4v) is 5.92. The first-order chi connectivity index (χ1) is 11.5. The molecule has 0 spiro atoms. The molecule has 1 N–H and O–H groups in total. The van der Waals surface area contributed by atoms with Crippen LogP contribution < -0.4 is 5.32 Å². The molecule has 4 rings (SSSR count). The Bertz CT molecular complexity index is 950. The van der Waals surface area contributed by atoms with Gasteiger partial charge in [-0.15, -0.1) is 0 Å². The van der Waals surface area contributed by atoms with Crippen LogP contribution in [0.2, 0.25) is 5.02 Å². The van der Waals surface area contributed by atoms with Gasteiger partial charge >= 0.3 is 0 Å². The number of hydrogen-bond acceptors (Lipinski definition) is 4. The van der Waals surface area contributed by atoms with E-state index >= 15 is 0 Å². The van der Waals surface area contributed by atoms with Crippen molar-refractivity contribution >= 4 is 21.4 Å². The summed E-state index contributed by atoms with van der Waals surface area (Å²) in [6.45, 7) is 0.658. The van der Waals surface area contributed by atoms with E-state index in [0.717, 1.165) is 6.42 Å². The van der Waals surface area contributed by atoms with Crippen molar-refractivity contribution < 1.29 is 8.42 Å². The molecule has 3 atom stereocenters. The largest absolute Gasteiger partial charge is 0.299 e. The summed E-state index contributed by atoms with van der Waals surface area (Å²) < 4.78 is 26.2. The smallest absolute Gasteiger partial charge is 0.197 e. The van der Waals surface area contributed by atoms with E-state index in [-0.39, 0.29) is 15.8 Å². The summed E-state index contributed by atoms with van der Waals surface area (Å²) in [5.74, 6) is 6.50. The maximum Gasteiger partial charge on any atom is 0.197 e. The number of pyridine rings is 1. The number of nitrogens with one attached hydrogen (secondary N) is 1. The van der Waals surface area contributed by atoms with Crippen molar-refractivity contribution in [3.63, 3.8) is 0 Å². The van der Waals surface area contributed by atoms with Crippen LogP contribution in [0.4, 0.5) is 0 Å². The van der Waals surface area contributed by atoms with Crippen LogP contribution in [0, 0.1) is 23.2 Å². The third-order valence-electron chi connectivity index (χ3n) is 4.71. The first-order valence-electron chi connectivity index (χ1n) is 7.70. The zero-order valence-corrected chi connectivity index (χ0v) is 14.3. The van der Waals surface area contributed by atoms with Crippen LogP contribution in [0.15, 0.2) is 53.6 Å². The van der Waals surface area contributed by atoms with E-state index in [1.807, 2.05) is 18.2 Å². The molecule has 2 aromatic rings. The molecule has 24 heavy (non-hydrogen) atoms. The molecule has 2 heterocycles. The Morgan fingerprint density at radius 3 is 2.71 bits per heavy atom. The lowest BCUT2D eigenvalue weighted by Crippen LogP contribution is -2.39. The summed E-state index contributed by atoms with van der Waals surface area (Å²) >= 11 is 6.11. The molecule has 2 fully saturated rings. The van der Waals surface area contributed by atoms with Gasteiger partial charge < -0.3 is 0 Å². The molecular weight excluding hydrogens is 344 g/mol. The molecule has 6 heteroatoms. The minimum atomic E-state index is -3.61. The van der Waals surface area contributed by atoms with Gasteiger partial charge in [0, 0.05) is 12.7 Å². The van der Waals surface area contributed by atoms with Crippen molar-refractivity contribution in [2.45, 2.75) is 16.7 Å². The third kappa shape index (κ3) is 2.42. The van der Waals surface area contributed by atoms with E-state index in [1.54, 1.807) is 30.5 Å². The van der Waals surface area contributed by atoms with Crippen LogP contribution in [-0.2, 0) is 9.84 Å². The molecule has 3 unspecified atom stereocenters. The van der Waals surface area contributed by atoms with Crippen molar-refractivity contribution in [3.8, 4) is 11.8 Å². The van der Waals surface area contributed by atoms with Crippen molar-refractivity contribution in [2.75, 3.05) is 6.54 Å². The number of halogens is 1. The van der Waals surface area contributed by atoms with Gasteiger partial charge in [-0.3, -0.25) is 5.32 Å². The lowest BCUT2D eigenvalue weighted by molar-refractivity contribution is 0.527. The van der Waals surface area contributed by atoms with Gasteiger partial charge in [0.1, 0.15) is 11.1 Å². The van der Waals surface area contributed by atoms with E-state index in [4.69, 9.17) is 11.6 Å². The number of benzene rings is 1. The summed E-state index contributed by atoms with van der Waals surface area (Å²) in [6, 6.07) is 12.1. The number of piperidine rings is 1. The average molecular weight is 359 g/mol. The van der Waals surface area contributed by atoms with Crippen LogP contribution in [-0.4, -0.2) is 25.3 Å². The molecule has 1 saturated carbocycles. The Morgan fingerprint density at radius 2 is 2.00 bits per heavy atom. The lowest BCUT2D eigenvalue weighted by atomic mass is 10.1. The summed E-state index contributed by atoms with van der Waals surface area (Å²) in [7, 11) is -3.61. The first-order valence-corrected chi connectivity index (χ1v) is 9.62.